The number of benzene rings is 1. The fourth-order valence-corrected chi connectivity index (χ4v) is 3.05. The molecule has 1 saturated carbocycles. The van der Waals surface area contributed by atoms with Crippen molar-refractivity contribution in [2.45, 2.75) is 19.4 Å². The van der Waals surface area contributed by atoms with Crippen molar-refractivity contribution in [1.29, 1.82) is 0 Å². The third kappa shape index (κ3) is 1.78. The number of fused-ring (bicyclic) bond motifs is 2. The smallest absolute Gasteiger partial charge is 0.141 e. The molecule has 3 rings (SSSR count). The second-order valence-corrected chi connectivity index (χ2v) is 5.05. The number of ketones is 1. The van der Waals surface area contributed by atoms with Gasteiger partial charge in [0.25, 0.3) is 0 Å². The number of likely N-dealkylation sites (tertiary alicyclic amines) is 1. The minimum Gasteiger partial charge on any atom is -0.299 e. The van der Waals surface area contributed by atoms with Gasteiger partial charge < -0.3 is 0 Å². The Hall–Kier alpha value is -1.15. The maximum atomic E-state index is 11.8. The second-order valence-electron chi connectivity index (χ2n) is 5.05. The van der Waals surface area contributed by atoms with Crippen molar-refractivity contribution < 1.29 is 4.79 Å². The summed E-state index contributed by atoms with van der Waals surface area (Å²) in [6, 6.07) is 10.5. The molecule has 0 spiro atoms. The fraction of sp³-hybridized carbons (Fsp3) is 0.500. The molecule has 1 aromatic carbocycles. The molecule has 1 aromatic rings. The molecule has 1 heterocycles. The fourth-order valence-electron chi connectivity index (χ4n) is 3.05. The topological polar surface area (TPSA) is 20.3 Å². The highest BCUT2D eigenvalue weighted by atomic mass is 16.1. The van der Waals surface area contributed by atoms with Gasteiger partial charge in [-0.05, 0) is 18.4 Å². The van der Waals surface area contributed by atoms with E-state index in [2.05, 4.69) is 29.2 Å². The van der Waals surface area contributed by atoms with Crippen LogP contribution < -0.4 is 0 Å². The summed E-state index contributed by atoms with van der Waals surface area (Å²) in [6.45, 7) is 2.95. The van der Waals surface area contributed by atoms with Gasteiger partial charge in [0.15, 0.2) is 0 Å². The van der Waals surface area contributed by atoms with E-state index >= 15 is 0 Å². The zero-order valence-electron chi connectivity index (χ0n) is 9.43. The molecule has 0 amide bonds. The Labute approximate surface area is 96.3 Å². The van der Waals surface area contributed by atoms with Crippen LogP contribution in [0.3, 0.4) is 0 Å². The first-order valence-electron chi connectivity index (χ1n) is 6.13. The maximum absolute atomic E-state index is 11.8. The van der Waals surface area contributed by atoms with E-state index in [1.165, 1.54) is 5.56 Å². The van der Waals surface area contributed by atoms with E-state index in [4.69, 9.17) is 0 Å². The van der Waals surface area contributed by atoms with E-state index in [1.54, 1.807) is 0 Å². The molecule has 84 valence electrons. The predicted octanol–water partition coefficient (Wildman–Crippen LogP) is 2.10. The van der Waals surface area contributed by atoms with Crippen LogP contribution in [0.5, 0.6) is 0 Å². The number of carbonyl (C=O) groups excluding carboxylic acids is 1. The van der Waals surface area contributed by atoms with Crippen molar-refractivity contribution in [3.63, 3.8) is 0 Å². The Bertz CT molecular complexity index is 371. The summed E-state index contributed by atoms with van der Waals surface area (Å²) in [5.74, 6) is 1.20. The van der Waals surface area contributed by atoms with Gasteiger partial charge in [0.1, 0.15) is 5.78 Å². The number of Topliss-reactive ketones (excluding diaryl/α,β-unsaturated/α-hetero) is 1. The lowest BCUT2D eigenvalue weighted by Gasteiger charge is -2.30. The molecule has 2 atom stereocenters. The molecule has 2 bridgehead atoms. The van der Waals surface area contributed by atoms with Crippen molar-refractivity contribution in [2.75, 3.05) is 13.1 Å². The molecule has 2 nitrogen and oxygen atoms in total. The molecular formula is C14H17NO. The number of piperidine rings is 1. The van der Waals surface area contributed by atoms with Crippen LogP contribution >= 0.6 is 0 Å². The van der Waals surface area contributed by atoms with Gasteiger partial charge in [-0.3, -0.25) is 9.69 Å². The lowest BCUT2D eigenvalue weighted by Crippen LogP contribution is -2.41. The minimum atomic E-state index is 0.336. The first-order chi connectivity index (χ1) is 7.83. The highest BCUT2D eigenvalue weighted by Gasteiger charge is 2.40. The van der Waals surface area contributed by atoms with Crippen LogP contribution in [0.25, 0.3) is 0 Å². The Morgan fingerprint density at radius 2 is 1.69 bits per heavy atom. The molecule has 1 saturated heterocycles. The summed E-state index contributed by atoms with van der Waals surface area (Å²) in [6.07, 6.45) is 2.24. The molecule has 2 fully saturated rings. The molecule has 0 N–H and O–H groups in total. The largest absolute Gasteiger partial charge is 0.299 e. The van der Waals surface area contributed by atoms with Gasteiger partial charge >= 0.3 is 0 Å². The van der Waals surface area contributed by atoms with Crippen LogP contribution in [0.2, 0.25) is 0 Å². The number of carbonyl (C=O) groups is 1. The van der Waals surface area contributed by atoms with Crippen LogP contribution in [0.15, 0.2) is 30.3 Å². The average molecular weight is 215 g/mol. The molecule has 0 aromatic heterocycles. The van der Waals surface area contributed by atoms with Gasteiger partial charge in [-0.2, -0.15) is 0 Å². The van der Waals surface area contributed by atoms with Gasteiger partial charge in [0, 0.05) is 31.5 Å². The minimum absolute atomic E-state index is 0.336. The molecule has 0 radical (unpaired) electrons. The Morgan fingerprint density at radius 3 is 2.31 bits per heavy atom. The lowest BCUT2D eigenvalue weighted by atomic mass is 9.96. The molecule has 1 aliphatic carbocycles. The Morgan fingerprint density at radius 1 is 1.06 bits per heavy atom. The normalized spacial score (nSPS) is 29.6. The van der Waals surface area contributed by atoms with Gasteiger partial charge in [0.2, 0.25) is 0 Å². The number of hydrogen-bond acceptors (Lipinski definition) is 2. The molecule has 16 heavy (non-hydrogen) atoms. The third-order valence-corrected chi connectivity index (χ3v) is 3.87. The Kier molecular flexibility index (Phi) is 2.52. The summed E-state index contributed by atoms with van der Waals surface area (Å²) < 4.78 is 0. The summed E-state index contributed by atoms with van der Waals surface area (Å²) in [5.41, 5.74) is 1.36. The van der Waals surface area contributed by atoms with Crippen LogP contribution in [-0.2, 0) is 11.3 Å². The SMILES string of the molecule is O=C1[C@@H]2CC[C@H]1CN(Cc1ccccc1)C2. The van der Waals surface area contributed by atoms with Crippen LogP contribution in [-0.4, -0.2) is 23.8 Å². The van der Waals surface area contributed by atoms with Gasteiger partial charge in [-0.1, -0.05) is 30.3 Å². The highest BCUT2D eigenvalue weighted by Crippen LogP contribution is 2.33. The second kappa shape index (κ2) is 4.02. The number of nitrogens with zero attached hydrogens (tertiary/aromatic N) is 1. The first kappa shape index (κ1) is 10.0. The monoisotopic (exact) mass is 215 g/mol. The van der Waals surface area contributed by atoms with Crippen molar-refractivity contribution in [3.8, 4) is 0 Å². The highest BCUT2D eigenvalue weighted by molar-refractivity contribution is 5.86. The zero-order valence-corrected chi connectivity index (χ0v) is 9.43. The van der Waals surface area contributed by atoms with E-state index in [-0.39, 0.29) is 0 Å². The molecule has 0 unspecified atom stereocenters. The van der Waals surface area contributed by atoms with E-state index in [0.29, 0.717) is 17.6 Å². The summed E-state index contributed by atoms with van der Waals surface area (Å²) in [4.78, 5) is 14.2. The standard InChI is InChI=1S/C14H17NO/c16-14-12-6-7-13(14)10-15(9-12)8-11-4-2-1-3-5-11/h1-5,12-13H,6-10H2/t12-,13+. The number of rotatable bonds is 2. The van der Waals surface area contributed by atoms with Gasteiger partial charge in [-0.25, -0.2) is 0 Å². The Balaban J connectivity index is 1.68. The van der Waals surface area contributed by atoms with E-state index < -0.39 is 0 Å². The van der Waals surface area contributed by atoms with Crippen LogP contribution in [0.1, 0.15) is 18.4 Å². The summed E-state index contributed by atoms with van der Waals surface area (Å²) in [7, 11) is 0. The van der Waals surface area contributed by atoms with Crippen LogP contribution in [0.4, 0.5) is 0 Å². The van der Waals surface area contributed by atoms with Crippen molar-refractivity contribution in [1.82, 2.24) is 4.90 Å². The van der Waals surface area contributed by atoms with E-state index in [9.17, 15) is 4.79 Å². The molecule has 1 aliphatic heterocycles. The quantitative estimate of drug-likeness (QED) is 0.753. The summed E-state index contributed by atoms with van der Waals surface area (Å²) >= 11 is 0. The number of hydrogen-bond donors (Lipinski definition) is 0. The van der Waals surface area contributed by atoms with Crippen molar-refractivity contribution in [2.24, 2.45) is 11.8 Å². The van der Waals surface area contributed by atoms with Gasteiger partial charge in [0.05, 0.1) is 0 Å². The third-order valence-electron chi connectivity index (χ3n) is 3.87. The van der Waals surface area contributed by atoms with Gasteiger partial charge in [-0.15, -0.1) is 0 Å². The molecular weight excluding hydrogens is 198 g/mol. The van der Waals surface area contributed by atoms with Crippen LogP contribution in [0, 0.1) is 11.8 Å². The van der Waals surface area contributed by atoms with E-state index in [0.717, 1.165) is 32.5 Å². The van der Waals surface area contributed by atoms with E-state index in [1.807, 2.05) is 6.07 Å². The maximum Gasteiger partial charge on any atom is 0.141 e. The average Bonchev–Trinajstić information content (AvgIpc) is 2.54. The molecule has 2 aliphatic rings. The molecule has 2 heteroatoms. The first-order valence-corrected chi connectivity index (χ1v) is 6.13. The summed E-state index contributed by atoms with van der Waals surface area (Å²) in [5, 5.41) is 0. The van der Waals surface area contributed by atoms with Crippen molar-refractivity contribution >= 4 is 5.78 Å². The van der Waals surface area contributed by atoms with Crippen molar-refractivity contribution in [3.05, 3.63) is 35.9 Å². The predicted molar refractivity (Wildman–Crippen MR) is 62.9 cm³/mol. The lowest BCUT2D eigenvalue weighted by molar-refractivity contribution is -0.127. The zero-order chi connectivity index (χ0) is 11.0.